The Kier molecular flexibility index (Phi) is 3.84. The molecule has 0 aromatic heterocycles. The van der Waals surface area contributed by atoms with E-state index in [2.05, 4.69) is 0 Å². The molecule has 2 aromatic rings. The van der Waals surface area contributed by atoms with E-state index in [9.17, 15) is 13.6 Å². The predicted octanol–water partition coefficient (Wildman–Crippen LogP) is 3.82. The van der Waals surface area contributed by atoms with E-state index in [1.165, 1.54) is 31.4 Å². The first-order valence-corrected chi connectivity index (χ1v) is 6.09. The molecule has 0 aliphatic carbocycles. The second kappa shape index (κ2) is 5.41. The van der Waals surface area contributed by atoms with Crippen LogP contribution in [0.1, 0.15) is 27.0 Å². The van der Waals surface area contributed by atoms with E-state index in [4.69, 9.17) is 4.74 Å². The zero-order valence-corrected chi connectivity index (χ0v) is 11.5. The van der Waals surface area contributed by atoms with Crippen molar-refractivity contribution in [1.29, 1.82) is 0 Å². The number of hydrogen-bond acceptors (Lipinski definition) is 2. The minimum absolute atomic E-state index is 0.0522. The lowest BCUT2D eigenvalue weighted by atomic mass is 9.94. The lowest BCUT2D eigenvalue weighted by Crippen LogP contribution is -2.09. The van der Waals surface area contributed by atoms with Crippen molar-refractivity contribution in [2.45, 2.75) is 13.8 Å². The summed E-state index contributed by atoms with van der Waals surface area (Å²) in [6.45, 7) is 3.26. The van der Waals surface area contributed by atoms with Gasteiger partial charge in [0.05, 0.1) is 12.7 Å². The summed E-state index contributed by atoms with van der Waals surface area (Å²) in [7, 11) is 1.42. The first-order valence-electron chi connectivity index (χ1n) is 6.09. The van der Waals surface area contributed by atoms with Crippen molar-refractivity contribution < 1.29 is 18.3 Å². The number of hydrogen-bond donors (Lipinski definition) is 0. The fraction of sp³-hybridized carbons (Fsp3) is 0.188. The SMILES string of the molecule is COc1ccc(C(=O)c2c(C)cc(F)cc2C)c(F)c1. The van der Waals surface area contributed by atoms with E-state index in [1.807, 2.05) is 0 Å². The summed E-state index contributed by atoms with van der Waals surface area (Å²) in [5.41, 5.74) is 1.25. The molecular formula is C16H14F2O2. The Bertz CT molecular complexity index is 655. The predicted molar refractivity (Wildman–Crippen MR) is 72.3 cm³/mol. The molecule has 0 bridgehead atoms. The van der Waals surface area contributed by atoms with E-state index in [0.29, 0.717) is 22.4 Å². The van der Waals surface area contributed by atoms with Crippen LogP contribution in [-0.2, 0) is 0 Å². The lowest BCUT2D eigenvalue weighted by molar-refractivity contribution is 0.103. The van der Waals surface area contributed by atoms with Gasteiger partial charge in [0.15, 0.2) is 5.78 Å². The average Bonchev–Trinajstić information content (AvgIpc) is 2.37. The number of methoxy groups -OCH3 is 1. The minimum atomic E-state index is -0.655. The van der Waals surface area contributed by atoms with Gasteiger partial charge in [0.25, 0.3) is 0 Å². The molecule has 0 N–H and O–H groups in total. The van der Waals surface area contributed by atoms with Crippen LogP contribution in [0.25, 0.3) is 0 Å². The van der Waals surface area contributed by atoms with Gasteiger partial charge in [0.2, 0.25) is 0 Å². The first-order chi connectivity index (χ1) is 9.43. The molecule has 2 rings (SSSR count). The molecule has 0 unspecified atom stereocenters. The van der Waals surface area contributed by atoms with Gasteiger partial charge in [-0.25, -0.2) is 8.78 Å². The number of carbonyl (C=O) groups excluding carboxylic acids is 1. The van der Waals surface area contributed by atoms with Crippen molar-refractivity contribution in [1.82, 2.24) is 0 Å². The second-order valence-electron chi connectivity index (χ2n) is 4.59. The van der Waals surface area contributed by atoms with Crippen molar-refractivity contribution in [3.63, 3.8) is 0 Å². The van der Waals surface area contributed by atoms with E-state index >= 15 is 0 Å². The van der Waals surface area contributed by atoms with Gasteiger partial charge in [-0.2, -0.15) is 0 Å². The lowest BCUT2D eigenvalue weighted by Gasteiger charge is -2.10. The molecule has 0 aliphatic heterocycles. The van der Waals surface area contributed by atoms with Gasteiger partial charge < -0.3 is 4.74 Å². The van der Waals surface area contributed by atoms with Crippen LogP contribution in [-0.4, -0.2) is 12.9 Å². The standard InChI is InChI=1S/C16H14F2O2/c1-9-6-11(17)7-10(2)15(9)16(19)13-5-4-12(20-3)8-14(13)18/h4-8H,1-3H3. The van der Waals surface area contributed by atoms with E-state index in [0.717, 1.165) is 6.07 Å². The molecule has 0 amide bonds. The molecule has 4 heteroatoms. The zero-order valence-electron chi connectivity index (χ0n) is 11.5. The van der Waals surface area contributed by atoms with Gasteiger partial charge in [-0.15, -0.1) is 0 Å². The summed E-state index contributed by atoms with van der Waals surface area (Å²) in [5.74, 6) is -1.18. The summed E-state index contributed by atoms with van der Waals surface area (Å²) in [4.78, 5) is 12.4. The topological polar surface area (TPSA) is 26.3 Å². The molecule has 0 spiro atoms. The molecule has 0 saturated heterocycles. The van der Waals surface area contributed by atoms with Gasteiger partial charge in [0.1, 0.15) is 17.4 Å². The molecule has 0 radical (unpaired) electrons. The Morgan fingerprint density at radius 3 is 2.15 bits per heavy atom. The summed E-state index contributed by atoms with van der Waals surface area (Å²) in [6, 6.07) is 6.58. The number of rotatable bonds is 3. The Hall–Kier alpha value is -2.23. The molecular weight excluding hydrogens is 262 g/mol. The highest BCUT2D eigenvalue weighted by atomic mass is 19.1. The fourth-order valence-corrected chi connectivity index (χ4v) is 2.21. The summed E-state index contributed by atoms with van der Waals surface area (Å²) < 4.78 is 32.1. The Balaban J connectivity index is 2.52. The van der Waals surface area contributed by atoms with E-state index in [1.54, 1.807) is 13.8 Å². The summed E-state index contributed by atoms with van der Waals surface area (Å²) >= 11 is 0. The number of halogens is 2. The number of ketones is 1. The third-order valence-corrected chi connectivity index (χ3v) is 3.15. The maximum absolute atomic E-state index is 13.9. The largest absolute Gasteiger partial charge is 0.497 e. The van der Waals surface area contributed by atoms with Gasteiger partial charge in [-0.3, -0.25) is 4.79 Å². The summed E-state index contributed by atoms with van der Waals surface area (Å²) in [6.07, 6.45) is 0. The summed E-state index contributed by atoms with van der Waals surface area (Å²) in [5, 5.41) is 0. The second-order valence-corrected chi connectivity index (χ2v) is 4.59. The average molecular weight is 276 g/mol. The highest BCUT2D eigenvalue weighted by Gasteiger charge is 2.19. The highest BCUT2D eigenvalue weighted by Crippen LogP contribution is 2.23. The molecule has 104 valence electrons. The Labute approximate surface area is 116 Å². The van der Waals surface area contributed by atoms with Crippen LogP contribution < -0.4 is 4.74 Å². The van der Waals surface area contributed by atoms with Crippen LogP contribution in [0.15, 0.2) is 30.3 Å². The van der Waals surface area contributed by atoms with Crippen molar-refractivity contribution in [3.05, 3.63) is 64.2 Å². The zero-order chi connectivity index (χ0) is 14.9. The molecule has 0 saturated carbocycles. The minimum Gasteiger partial charge on any atom is -0.497 e. The normalized spacial score (nSPS) is 10.4. The van der Waals surface area contributed by atoms with Crippen LogP contribution in [0.3, 0.4) is 0 Å². The van der Waals surface area contributed by atoms with Crippen LogP contribution in [0.4, 0.5) is 8.78 Å². The monoisotopic (exact) mass is 276 g/mol. The molecule has 2 aromatic carbocycles. The van der Waals surface area contributed by atoms with Gasteiger partial charge >= 0.3 is 0 Å². The number of aryl methyl sites for hydroxylation is 2. The van der Waals surface area contributed by atoms with Crippen LogP contribution in [0, 0.1) is 25.5 Å². The number of carbonyl (C=O) groups is 1. The third kappa shape index (κ3) is 2.54. The Morgan fingerprint density at radius 2 is 1.65 bits per heavy atom. The van der Waals surface area contributed by atoms with E-state index < -0.39 is 17.4 Å². The van der Waals surface area contributed by atoms with Gasteiger partial charge in [0, 0.05) is 11.6 Å². The van der Waals surface area contributed by atoms with Crippen LogP contribution >= 0.6 is 0 Å². The Morgan fingerprint density at radius 1 is 1.05 bits per heavy atom. The molecule has 20 heavy (non-hydrogen) atoms. The molecule has 0 fully saturated rings. The van der Waals surface area contributed by atoms with Crippen LogP contribution in [0.2, 0.25) is 0 Å². The van der Waals surface area contributed by atoms with Gasteiger partial charge in [-0.1, -0.05) is 0 Å². The maximum atomic E-state index is 13.9. The number of benzene rings is 2. The maximum Gasteiger partial charge on any atom is 0.196 e. The molecule has 0 heterocycles. The molecule has 0 atom stereocenters. The molecule has 2 nitrogen and oxygen atoms in total. The molecule has 0 aliphatic rings. The third-order valence-electron chi connectivity index (χ3n) is 3.15. The number of ether oxygens (including phenoxy) is 1. The smallest absolute Gasteiger partial charge is 0.196 e. The van der Waals surface area contributed by atoms with Crippen molar-refractivity contribution in [2.24, 2.45) is 0 Å². The first kappa shape index (κ1) is 14.2. The van der Waals surface area contributed by atoms with E-state index in [-0.39, 0.29) is 5.56 Å². The van der Waals surface area contributed by atoms with Gasteiger partial charge in [-0.05, 0) is 49.2 Å². The van der Waals surface area contributed by atoms with Crippen molar-refractivity contribution >= 4 is 5.78 Å². The fourth-order valence-electron chi connectivity index (χ4n) is 2.21. The quantitative estimate of drug-likeness (QED) is 0.797. The van der Waals surface area contributed by atoms with Crippen molar-refractivity contribution in [2.75, 3.05) is 7.11 Å². The highest BCUT2D eigenvalue weighted by molar-refractivity contribution is 6.11. The van der Waals surface area contributed by atoms with Crippen molar-refractivity contribution in [3.8, 4) is 5.75 Å². The van der Waals surface area contributed by atoms with Crippen LogP contribution in [0.5, 0.6) is 5.75 Å².